The number of anilines is 1. The molecule has 19 heavy (non-hydrogen) atoms. The second-order valence-corrected chi connectivity index (χ2v) is 5.63. The number of nitrogens with one attached hydrogen (secondary N) is 1. The first kappa shape index (κ1) is 14.0. The molecule has 0 saturated heterocycles. The molecule has 1 atom stereocenters. The Bertz CT molecular complexity index is 496. The Morgan fingerprint density at radius 2 is 2.16 bits per heavy atom. The molecule has 4 heteroatoms. The van der Waals surface area contributed by atoms with Gasteiger partial charge < -0.3 is 5.32 Å². The fourth-order valence-corrected chi connectivity index (χ4v) is 2.83. The molecule has 102 valence electrons. The molecule has 3 nitrogen and oxygen atoms in total. The van der Waals surface area contributed by atoms with Gasteiger partial charge in [0, 0.05) is 24.0 Å². The summed E-state index contributed by atoms with van der Waals surface area (Å²) in [6.07, 6.45) is 0. The average Bonchev–Trinajstić information content (AvgIpc) is 2.92. The first-order chi connectivity index (χ1) is 9.20. The van der Waals surface area contributed by atoms with Gasteiger partial charge in [-0.2, -0.15) is 0 Å². The summed E-state index contributed by atoms with van der Waals surface area (Å²) in [5.41, 5.74) is 1.10. The predicted octanol–water partition coefficient (Wildman–Crippen LogP) is 3.77. The van der Waals surface area contributed by atoms with Crippen LogP contribution in [0.15, 0.2) is 35.7 Å². The van der Waals surface area contributed by atoms with E-state index in [0.717, 1.165) is 24.6 Å². The topological polar surface area (TPSA) is 28.2 Å². The Morgan fingerprint density at radius 3 is 2.84 bits per heavy atom. The van der Waals surface area contributed by atoms with Crippen molar-refractivity contribution in [3.63, 3.8) is 0 Å². The van der Waals surface area contributed by atoms with Crippen molar-refractivity contribution in [2.75, 3.05) is 18.9 Å². The van der Waals surface area contributed by atoms with E-state index < -0.39 is 0 Å². The molecule has 2 aromatic heterocycles. The van der Waals surface area contributed by atoms with Crippen molar-refractivity contribution >= 4 is 17.2 Å². The van der Waals surface area contributed by atoms with Crippen LogP contribution in [-0.4, -0.2) is 23.5 Å². The molecule has 0 radical (unpaired) electrons. The van der Waals surface area contributed by atoms with Crippen LogP contribution >= 0.6 is 11.3 Å². The molecule has 0 spiro atoms. The number of hydrogen-bond acceptors (Lipinski definition) is 4. The summed E-state index contributed by atoms with van der Waals surface area (Å²) in [4.78, 5) is 8.33. The van der Waals surface area contributed by atoms with Gasteiger partial charge in [-0.25, -0.2) is 4.98 Å². The smallest absolute Gasteiger partial charge is 0.126 e. The van der Waals surface area contributed by atoms with E-state index in [0.29, 0.717) is 6.04 Å². The molecule has 2 rings (SSSR count). The Morgan fingerprint density at radius 1 is 1.32 bits per heavy atom. The van der Waals surface area contributed by atoms with Crippen molar-refractivity contribution < 1.29 is 0 Å². The number of rotatable bonds is 6. The van der Waals surface area contributed by atoms with E-state index in [1.807, 2.05) is 6.07 Å². The van der Waals surface area contributed by atoms with Crippen molar-refractivity contribution in [1.29, 1.82) is 0 Å². The molecule has 0 aliphatic carbocycles. The summed E-state index contributed by atoms with van der Waals surface area (Å²) >= 11 is 1.81. The fourth-order valence-electron chi connectivity index (χ4n) is 1.99. The second-order valence-electron chi connectivity index (χ2n) is 4.65. The van der Waals surface area contributed by atoms with E-state index in [1.165, 1.54) is 4.88 Å². The number of aromatic nitrogens is 1. The van der Waals surface area contributed by atoms with Crippen molar-refractivity contribution in [3.8, 4) is 0 Å². The highest BCUT2D eigenvalue weighted by Gasteiger charge is 2.13. The molecule has 0 amide bonds. The van der Waals surface area contributed by atoms with E-state index in [9.17, 15) is 0 Å². The molecule has 0 bridgehead atoms. The van der Waals surface area contributed by atoms with Crippen LogP contribution < -0.4 is 5.32 Å². The lowest BCUT2D eigenvalue weighted by molar-refractivity contribution is 0.253. The van der Waals surface area contributed by atoms with Crippen LogP contribution in [0.1, 0.15) is 30.5 Å². The third kappa shape index (κ3) is 3.78. The van der Waals surface area contributed by atoms with E-state index in [1.54, 1.807) is 11.3 Å². The molecule has 0 aliphatic rings. The van der Waals surface area contributed by atoms with E-state index in [4.69, 9.17) is 0 Å². The van der Waals surface area contributed by atoms with Crippen LogP contribution in [-0.2, 0) is 6.54 Å². The minimum absolute atomic E-state index is 0.421. The summed E-state index contributed by atoms with van der Waals surface area (Å²) in [5.74, 6) is 0.956. The summed E-state index contributed by atoms with van der Waals surface area (Å²) in [7, 11) is 2.14. The van der Waals surface area contributed by atoms with Crippen LogP contribution in [0.5, 0.6) is 0 Å². The molecule has 2 heterocycles. The number of thiophene rings is 1. The van der Waals surface area contributed by atoms with Gasteiger partial charge in [-0.05, 0) is 44.5 Å². The van der Waals surface area contributed by atoms with E-state index in [2.05, 4.69) is 65.7 Å². The highest BCUT2D eigenvalue weighted by molar-refractivity contribution is 7.10. The molecule has 0 aromatic carbocycles. The summed E-state index contributed by atoms with van der Waals surface area (Å²) in [5, 5.41) is 5.38. The summed E-state index contributed by atoms with van der Waals surface area (Å²) in [6, 6.07) is 10.9. The second kappa shape index (κ2) is 6.68. The van der Waals surface area contributed by atoms with Gasteiger partial charge in [0.15, 0.2) is 0 Å². The first-order valence-electron chi connectivity index (χ1n) is 6.64. The summed E-state index contributed by atoms with van der Waals surface area (Å²) in [6.45, 7) is 6.08. The molecule has 1 unspecified atom stereocenters. The predicted molar refractivity (Wildman–Crippen MR) is 82.6 cm³/mol. The molecular formula is C15H21N3S. The third-order valence-corrected chi connectivity index (χ3v) is 4.23. The fraction of sp³-hybridized carbons (Fsp3) is 0.400. The normalized spacial score (nSPS) is 12.6. The maximum Gasteiger partial charge on any atom is 0.126 e. The lowest BCUT2D eigenvalue weighted by Crippen LogP contribution is -2.22. The van der Waals surface area contributed by atoms with Gasteiger partial charge in [0.1, 0.15) is 5.82 Å². The van der Waals surface area contributed by atoms with Gasteiger partial charge in [-0.15, -0.1) is 11.3 Å². The lowest BCUT2D eigenvalue weighted by Gasteiger charge is -2.23. The largest absolute Gasteiger partial charge is 0.370 e. The first-order valence-corrected chi connectivity index (χ1v) is 7.52. The van der Waals surface area contributed by atoms with Crippen LogP contribution in [0.3, 0.4) is 0 Å². The van der Waals surface area contributed by atoms with Crippen LogP contribution in [0.25, 0.3) is 0 Å². The quantitative estimate of drug-likeness (QED) is 0.870. The zero-order valence-electron chi connectivity index (χ0n) is 11.8. The van der Waals surface area contributed by atoms with Gasteiger partial charge in [0.2, 0.25) is 0 Å². The zero-order valence-corrected chi connectivity index (χ0v) is 12.6. The van der Waals surface area contributed by atoms with E-state index >= 15 is 0 Å². The minimum Gasteiger partial charge on any atom is -0.370 e. The van der Waals surface area contributed by atoms with Gasteiger partial charge in [0.05, 0.1) is 5.69 Å². The highest BCUT2D eigenvalue weighted by atomic mass is 32.1. The summed E-state index contributed by atoms with van der Waals surface area (Å²) < 4.78 is 0. The Balaban J connectivity index is 2.02. The molecular weight excluding hydrogens is 254 g/mol. The molecule has 0 saturated carbocycles. The van der Waals surface area contributed by atoms with Gasteiger partial charge >= 0.3 is 0 Å². The number of pyridine rings is 1. The zero-order chi connectivity index (χ0) is 13.7. The maximum atomic E-state index is 4.62. The minimum atomic E-state index is 0.421. The van der Waals surface area contributed by atoms with Crippen LogP contribution in [0.2, 0.25) is 0 Å². The Kier molecular flexibility index (Phi) is 4.93. The Hall–Kier alpha value is -1.39. The monoisotopic (exact) mass is 275 g/mol. The highest BCUT2D eigenvalue weighted by Crippen LogP contribution is 2.24. The van der Waals surface area contributed by atoms with E-state index in [-0.39, 0.29) is 0 Å². The van der Waals surface area contributed by atoms with Crippen molar-refractivity contribution in [2.45, 2.75) is 26.4 Å². The number of nitrogens with zero attached hydrogens (tertiary/aromatic N) is 2. The van der Waals surface area contributed by atoms with Gasteiger partial charge in [-0.1, -0.05) is 12.1 Å². The van der Waals surface area contributed by atoms with Crippen molar-refractivity contribution in [3.05, 3.63) is 46.3 Å². The Labute approximate surface area is 119 Å². The molecule has 2 aromatic rings. The maximum absolute atomic E-state index is 4.62. The van der Waals surface area contributed by atoms with Crippen LogP contribution in [0.4, 0.5) is 5.82 Å². The average molecular weight is 275 g/mol. The molecule has 0 aliphatic heterocycles. The van der Waals surface area contributed by atoms with Crippen LogP contribution in [0, 0.1) is 0 Å². The lowest BCUT2D eigenvalue weighted by atomic mass is 10.2. The SMILES string of the molecule is CCNc1cccc(CN(C)C(C)c2cccs2)n1. The standard InChI is InChI=1S/C15H21N3S/c1-4-16-15-9-5-7-13(17-15)11-18(3)12(2)14-8-6-10-19-14/h5-10,12H,4,11H2,1-3H3,(H,16,17). The number of hydrogen-bond donors (Lipinski definition) is 1. The third-order valence-electron chi connectivity index (χ3n) is 3.19. The van der Waals surface area contributed by atoms with Crippen molar-refractivity contribution in [2.24, 2.45) is 0 Å². The molecule has 0 fully saturated rings. The van der Waals surface area contributed by atoms with Gasteiger partial charge in [-0.3, -0.25) is 4.90 Å². The molecule has 1 N–H and O–H groups in total. The van der Waals surface area contributed by atoms with Gasteiger partial charge in [0.25, 0.3) is 0 Å². The van der Waals surface area contributed by atoms with Crippen molar-refractivity contribution in [1.82, 2.24) is 9.88 Å².